The van der Waals surface area contributed by atoms with Gasteiger partial charge in [0.1, 0.15) is 0 Å². The normalized spacial score (nSPS) is 24.7. The van der Waals surface area contributed by atoms with Crippen LogP contribution in [0.3, 0.4) is 0 Å². The third-order valence-corrected chi connectivity index (χ3v) is 5.02. The van der Waals surface area contributed by atoms with Gasteiger partial charge in [-0.05, 0) is 41.7 Å². The van der Waals surface area contributed by atoms with Crippen molar-refractivity contribution < 1.29 is 4.92 Å². The van der Waals surface area contributed by atoms with Gasteiger partial charge in [-0.3, -0.25) is 10.1 Å². The molecule has 0 aromatic heterocycles. The summed E-state index contributed by atoms with van der Waals surface area (Å²) in [5, 5.41) is 15.2. The van der Waals surface area contributed by atoms with E-state index >= 15 is 0 Å². The van der Waals surface area contributed by atoms with Crippen molar-refractivity contribution in [2.24, 2.45) is 5.92 Å². The maximum Gasteiger partial charge on any atom is 0.269 e. The van der Waals surface area contributed by atoms with E-state index in [1.807, 2.05) is 30.3 Å². The van der Waals surface area contributed by atoms with E-state index in [-0.39, 0.29) is 16.7 Å². The van der Waals surface area contributed by atoms with Crippen molar-refractivity contribution in [3.05, 3.63) is 80.9 Å². The van der Waals surface area contributed by atoms with Crippen molar-refractivity contribution in [3.8, 4) is 0 Å². The Morgan fingerprint density at radius 3 is 2.70 bits per heavy atom. The quantitative estimate of drug-likeness (QED) is 0.476. The van der Waals surface area contributed by atoms with E-state index in [9.17, 15) is 10.1 Å². The highest BCUT2D eigenvalue weighted by Crippen LogP contribution is 2.50. The summed E-state index contributed by atoms with van der Waals surface area (Å²) in [4.78, 5) is 10.5. The molecule has 116 valence electrons. The summed E-state index contributed by atoms with van der Waals surface area (Å²) in [6.45, 7) is 0. The first kappa shape index (κ1) is 14.3. The fraction of sp³-hybridized carbons (Fsp3) is 0.222. The van der Waals surface area contributed by atoms with E-state index in [4.69, 9.17) is 11.6 Å². The zero-order chi connectivity index (χ0) is 16.0. The molecule has 0 bridgehead atoms. The molecule has 0 saturated carbocycles. The summed E-state index contributed by atoms with van der Waals surface area (Å²) in [6.07, 6.45) is 5.45. The summed E-state index contributed by atoms with van der Waals surface area (Å²) in [5.74, 6) is 0.743. The molecule has 2 aromatic rings. The third kappa shape index (κ3) is 2.39. The number of nitro groups is 1. The molecule has 0 fully saturated rings. The Balaban J connectivity index is 1.73. The van der Waals surface area contributed by atoms with Crippen molar-refractivity contribution in [3.63, 3.8) is 0 Å². The number of allylic oxidation sites excluding steroid dienone is 2. The second-order valence-electron chi connectivity index (χ2n) is 6.06. The first-order chi connectivity index (χ1) is 11.1. The number of hydrogen-bond donors (Lipinski definition) is 1. The highest BCUT2D eigenvalue weighted by atomic mass is 35.5. The molecule has 4 nitrogen and oxygen atoms in total. The summed E-state index contributed by atoms with van der Waals surface area (Å²) >= 11 is 6.15. The summed E-state index contributed by atoms with van der Waals surface area (Å²) in [5.41, 5.74) is 3.52. The molecule has 2 aromatic carbocycles. The van der Waals surface area contributed by atoms with Crippen LogP contribution in [0.2, 0.25) is 5.02 Å². The Bertz CT molecular complexity index is 801. The van der Waals surface area contributed by atoms with Crippen molar-refractivity contribution in [2.45, 2.75) is 18.4 Å². The highest BCUT2D eigenvalue weighted by Gasteiger charge is 2.37. The molecule has 3 atom stereocenters. The van der Waals surface area contributed by atoms with Gasteiger partial charge in [0.05, 0.1) is 11.0 Å². The van der Waals surface area contributed by atoms with E-state index in [1.165, 1.54) is 5.56 Å². The molecule has 5 heteroatoms. The molecular formula is C18H15ClN2O2. The van der Waals surface area contributed by atoms with E-state index in [1.54, 1.807) is 12.1 Å². The van der Waals surface area contributed by atoms with E-state index in [0.717, 1.165) is 22.7 Å². The van der Waals surface area contributed by atoms with Gasteiger partial charge in [-0.2, -0.15) is 0 Å². The second kappa shape index (κ2) is 5.39. The average molecular weight is 327 g/mol. The number of benzene rings is 2. The minimum Gasteiger partial charge on any atom is -0.378 e. The summed E-state index contributed by atoms with van der Waals surface area (Å²) < 4.78 is 0. The number of anilines is 1. The fourth-order valence-corrected chi connectivity index (χ4v) is 3.88. The number of halogens is 1. The smallest absolute Gasteiger partial charge is 0.269 e. The molecule has 23 heavy (non-hydrogen) atoms. The predicted octanol–water partition coefficient (Wildman–Crippen LogP) is 5.07. The lowest BCUT2D eigenvalue weighted by molar-refractivity contribution is -0.384. The Morgan fingerprint density at radius 1 is 1.17 bits per heavy atom. The number of hydrogen-bond acceptors (Lipinski definition) is 3. The van der Waals surface area contributed by atoms with Gasteiger partial charge in [0.15, 0.2) is 0 Å². The van der Waals surface area contributed by atoms with E-state index in [2.05, 4.69) is 17.5 Å². The topological polar surface area (TPSA) is 55.2 Å². The van der Waals surface area contributed by atoms with Crippen LogP contribution in [-0.4, -0.2) is 4.92 Å². The van der Waals surface area contributed by atoms with Gasteiger partial charge in [0.2, 0.25) is 0 Å². The standard InChI is InChI=1S/C18H15ClN2O2/c19-12-6-9-17-16(10-12)14-2-1-3-15(14)18(20-17)11-4-7-13(8-5-11)21(22)23/h1-2,4-10,14-15,18,20H,3H2. The lowest BCUT2D eigenvalue weighted by atomic mass is 9.77. The maximum absolute atomic E-state index is 10.8. The number of nitro benzene ring substituents is 1. The van der Waals surface area contributed by atoms with Crippen LogP contribution in [0.15, 0.2) is 54.6 Å². The molecule has 1 N–H and O–H groups in total. The molecule has 0 radical (unpaired) electrons. The zero-order valence-corrected chi connectivity index (χ0v) is 13.0. The van der Waals surface area contributed by atoms with Gasteiger partial charge >= 0.3 is 0 Å². The van der Waals surface area contributed by atoms with Gasteiger partial charge in [-0.25, -0.2) is 0 Å². The minimum atomic E-state index is -0.366. The Hall–Kier alpha value is -2.33. The van der Waals surface area contributed by atoms with Gasteiger partial charge < -0.3 is 5.32 Å². The van der Waals surface area contributed by atoms with Crippen LogP contribution in [0.5, 0.6) is 0 Å². The first-order valence-corrected chi connectivity index (χ1v) is 7.98. The van der Waals surface area contributed by atoms with Gasteiger partial charge in [0, 0.05) is 28.8 Å². The van der Waals surface area contributed by atoms with Crippen LogP contribution in [-0.2, 0) is 0 Å². The van der Waals surface area contributed by atoms with Gasteiger partial charge in [0.25, 0.3) is 5.69 Å². The number of nitrogens with zero attached hydrogens (tertiary/aromatic N) is 1. The highest BCUT2D eigenvalue weighted by molar-refractivity contribution is 6.30. The molecule has 0 amide bonds. The molecule has 0 spiro atoms. The SMILES string of the molecule is O=[N+]([O-])c1ccc(C2Nc3ccc(Cl)cc3C3C=CCC32)cc1. The molecule has 4 rings (SSSR count). The van der Waals surface area contributed by atoms with Gasteiger partial charge in [-0.1, -0.05) is 35.9 Å². The maximum atomic E-state index is 10.8. The molecule has 1 heterocycles. The van der Waals surface area contributed by atoms with Crippen LogP contribution in [0.4, 0.5) is 11.4 Å². The van der Waals surface area contributed by atoms with Crippen LogP contribution in [0, 0.1) is 16.0 Å². The molecule has 0 saturated heterocycles. The number of fused-ring (bicyclic) bond motifs is 3. The van der Waals surface area contributed by atoms with Gasteiger partial charge in [-0.15, -0.1) is 0 Å². The van der Waals surface area contributed by atoms with E-state index < -0.39 is 0 Å². The number of non-ortho nitro benzene ring substituents is 1. The number of rotatable bonds is 2. The van der Waals surface area contributed by atoms with Crippen molar-refractivity contribution in [1.29, 1.82) is 0 Å². The summed E-state index contributed by atoms with van der Waals surface area (Å²) in [7, 11) is 0. The minimum absolute atomic E-state index is 0.123. The van der Waals surface area contributed by atoms with E-state index in [0.29, 0.717) is 11.8 Å². The molecule has 2 aliphatic rings. The Labute approximate surface area is 138 Å². The lowest BCUT2D eigenvalue weighted by Gasteiger charge is -2.37. The molecule has 1 aliphatic carbocycles. The molecule has 3 unspecified atom stereocenters. The largest absolute Gasteiger partial charge is 0.378 e. The second-order valence-corrected chi connectivity index (χ2v) is 6.49. The predicted molar refractivity (Wildman–Crippen MR) is 90.9 cm³/mol. The Morgan fingerprint density at radius 2 is 1.96 bits per heavy atom. The van der Waals surface area contributed by atoms with Crippen molar-refractivity contribution >= 4 is 23.0 Å². The lowest BCUT2D eigenvalue weighted by Crippen LogP contribution is -2.29. The summed E-state index contributed by atoms with van der Waals surface area (Å²) in [6, 6.07) is 12.9. The van der Waals surface area contributed by atoms with Crippen LogP contribution >= 0.6 is 11.6 Å². The number of nitrogens with one attached hydrogen (secondary N) is 1. The third-order valence-electron chi connectivity index (χ3n) is 4.79. The zero-order valence-electron chi connectivity index (χ0n) is 12.3. The van der Waals surface area contributed by atoms with Crippen molar-refractivity contribution in [1.82, 2.24) is 0 Å². The average Bonchev–Trinajstić information content (AvgIpc) is 3.04. The molecular weight excluding hydrogens is 312 g/mol. The molecule has 1 aliphatic heterocycles. The van der Waals surface area contributed by atoms with Crippen LogP contribution < -0.4 is 5.32 Å². The Kier molecular flexibility index (Phi) is 3.34. The fourth-order valence-electron chi connectivity index (χ4n) is 3.70. The van der Waals surface area contributed by atoms with Crippen LogP contribution in [0.25, 0.3) is 0 Å². The van der Waals surface area contributed by atoms with Crippen molar-refractivity contribution in [2.75, 3.05) is 5.32 Å². The monoisotopic (exact) mass is 326 g/mol. The first-order valence-electron chi connectivity index (χ1n) is 7.60. The van der Waals surface area contributed by atoms with Crippen LogP contribution in [0.1, 0.15) is 29.5 Å².